The maximum atomic E-state index is 5.87. The molecule has 0 aliphatic heterocycles. The fraction of sp³-hybridized carbons (Fsp3) is 0.500. The molecule has 3 heteroatoms. The zero-order valence-electron chi connectivity index (χ0n) is 6.60. The minimum atomic E-state index is 0.159. The molecule has 0 saturated carbocycles. The average molecular weight is 217 g/mol. The van der Waals surface area contributed by atoms with E-state index in [1.165, 1.54) is 0 Å². The van der Waals surface area contributed by atoms with Crippen LogP contribution in [-0.2, 0) is 0 Å². The van der Waals surface area contributed by atoms with Crippen LogP contribution in [0.25, 0.3) is 0 Å². The van der Waals surface area contributed by atoms with Gasteiger partial charge in [0.2, 0.25) is 0 Å². The lowest BCUT2D eigenvalue weighted by Crippen LogP contribution is -2.09. The summed E-state index contributed by atoms with van der Waals surface area (Å²) in [6, 6.07) is 2.19. The lowest BCUT2D eigenvalue weighted by molar-refractivity contribution is 0.625. The van der Waals surface area contributed by atoms with Gasteiger partial charge in [-0.3, -0.25) is 0 Å². The van der Waals surface area contributed by atoms with E-state index in [1.54, 1.807) is 0 Å². The summed E-state index contributed by atoms with van der Waals surface area (Å²) in [5, 5.41) is 0. The quantitative estimate of drug-likeness (QED) is 0.802. The van der Waals surface area contributed by atoms with E-state index in [0.29, 0.717) is 0 Å². The molecule has 0 amide bonds. The van der Waals surface area contributed by atoms with E-state index in [4.69, 9.17) is 5.73 Å². The van der Waals surface area contributed by atoms with Gasteiger partial charge >= 0.3 is 0 Å². The number of nitrogens with one attached hydrogen (secondary N) is 1. The summed E-state index contributed by atoms with van der Waals surface area (Å²) >= 11 is 3.36. The van der Waals surface area contributed by atoms with Gasteiger partial charge in [0.05, 0.1) is 0 Å². The standard InChI is InChI=1S/C8H13BrN2/c1-2-3-7(10)8-4-6(9)5-11-8/h4-5,7,11H,2-3,10H2,1H3. The maximum Gasteiger partial charge on any atom is 0.0448 e. The van der Waals surface area contributed by atoms with Gasteiger partial charge in [0.25, 0.3) is 0 Å². The van der Waals surface area contributed by atoms with Gasteiger partial charge in [-0.2, -0.15) is 0 Å². The molecule has 1 rings (SSSR count). The van der Waals surface area contributed by atoms with Gasteiger partial charge < -0.3 is 10.7 Å². The Morgan fingerprint density at radius 2 is 2.45 bits per heavy atom. The van der Waals surface area contributed by atoms with Gasteiger partial charge in [-0.15, -0.1) is 0 Å². The Kier molecular flexibility index (Phi) is 3.15. The summed E-state index contributed by atoms with van der Waals surface area (Å²) in [5.74, 6) is 0. The van der Waals surface area contributed by atoms with Gasteiger partial charge in [0.15, 0.2) is 0 Å². The highest BCUT2D eigenvalue weighted by Gasteiger charge is 2.05. The van der Waals surface area contributed by atoms with E-state index in [2.05, 4.69) is 27.8 Å². The van der Waals surface area contributed by atoms with Crippen LogP contribution in [0.1, 0.15) is 31.5 Å². The largest absolute Gasteiger partial charge is 0.363 e. The second-order valence-corrected chi connectivity index (χ2v) is 3.58. The molecule has 0 aromatic carbocycles. The number of hydrogen-bond acceptors (Lipinski definition) is 1. The van der Waals surface area contributed by atoms with Crippen molar-refractivity contribution in [1.82, 2.24) is 4.98 Å². The molecule has 3 N–H and O–H groups in total. The molecule has 0 aliphatic rings. The maximum absolute atomic E-state index is 5.87. The smallest absolute Gasteiger partial charge is 0.0448 e. The minimum Gasteiger partial charge on any atom is -0.363 e. The van der Waals surface area contributed by atoms with Crippen LogP contribution in [0, 0.1) is 0 Å². The Morgan fingerprint density at radius 3 is 2.91 bits per heavy atom. The summed E-state index contributed by atoms with van der Waals surface area (Å²) in [4.78, 5) is 3.12. The van der Waals surface area contributed by atoms with Gasteiger partial charge in [0.1, 0.15) is 0 Å². The zero-order valence-corrected chi connectivity index (χ0v) is 8.19. The first-order valence-electron chi connectivity index (χ1n) is 3.83. The number of aromatic nitrogens is 1. The van der Waals surface area contributed by atoms with Crippen LogP contribution in [0.3, 0.4) is 0 Å². The molecule has 0 saturated heterocycles. The van der Waals surface area contributed by atoms with Crippen molar-refractivity contribution in [2.75, 3.05) is 0 Å². The molecule has 1 aromatic heterocycles. The summed E-state index contributed by atoms with van der Waals surface area (Å²) in [7, 11) is 0. The zero-order chi connectivity index (χ0) is 8.27. The molecular weight excluding hydrogens is 204 g/mol. The Morgan fingerprint density at radius 1 is 1.73 bits per heavy atom. The van der Waals surface area contributed by atoms with Gasteiger partial charge in [-0.05, 0) is 28.4 Å². The van der Waals surface area contributed by atoms with Gasteiger partial charge in [-0.1, -0.05) is 13.3 Å². The van der Waals surface area contributed by atoms with Crippen LogP contribution < -0.4 is 5.73 Å². The molecule has 2 nitrogen and oxygen atoms in total. The van der Waals surface area contributed by atoms with Crippen molar-refractivity contribution in [3.63, 3.8) is 0 Å². The van der Waals surface area contributed by atoms with Crippen molar-refractivity contribution < 1.29 is 0 Å². The SMILES string of the molecule is CCCC(N)c1cc(Br)c[nH]1. The first-order chi connectivity index (χ1) is 5.24. The molecule has 0 aliphatic carbocycles. The Bertz CT molecular complexity index is 220. The van der Waals surface area contributed by atoms with Gasteiger partial charge in [-0.25, -0.2) is 0 Å². The van der Waals surface area contributed by atoms with Crippen molar-refractivity contribution in [3.05, 3.63) is 22.4 Å². The monoisotopic (exact) mass is 216 g/mol. The molecule has 0 fully saturated rings. The number of nitrogens with two attached hydrogens (primary N) is 1. The highest BCUT2D eigenvalue weighted by molar-refractivity contribution is 9.10. The average Bonchev–Trinajstić information content (AvgIpc) is 2.36. The van der Waals surface area contributed by atoms with E-state index < -0.39 is 0 Å². The molecule has 62 valence electrons. The molecule has 0 spiro atoms. The predicted octanol–water partition coefficient (Wildman–Crippen LogP) is 2.58. The number of halogens is 1. The van der Waals surface area contributed by atoms with Crippen molar-refractivity contribution in [2.24, 2.45) is 5.73 Å². The van der Waals surface area contributed by atoms with Crippen molar-refractivity contribution >= 4 is 15.9 Å². The summed E-state index contributed by atoms with van der Waals surface area (Å²) in [5.41, 5.74) is 6.98. The van der Waals surface area contributed by atoms with Crippen molar-refractivity contribution in [2.45, 2.75) is 25.8 Å². The summed E-state index contributed by atoms with van der Waals surface area (Å²) < 4.78 is 1.07. The van der Waals surface area contributed by atoms with E-state index in [1.807, 2.05) is 12.3 Å². The molecule has 1 aromatic rings. The second-order valence-electron chi connectivity index (χ2n) is 2.67. The third-order valence-electron chi connectivity index (χ3n) is 1.67. The van der Waals surface area contributed by atoms with Crippen LogP contribution in [0.15, 0.2) is 16.7 Å². The van der Waals surface area contributed by atoms with Crippen LogP contribution in [0.2, 0.25) is 0 Å². The topological polar surface area (TPSA) is 41.8 Å². The summed E-state index contributed by atoms with van der Waals surface area (Å²) in [6.45, 7) is 2.14. The fourth-order valence-electron chi connectivity index (χ4n) is 1.06. The highest BCUT2D eigenvalue weighted by atomic mass is 79.9. The lowest BCUT2D eigenvalue weighted by Gasteiger charge is -2.06. The third kappa shape index (κ3) is 2.34. The van der Waals surface area contributed by atoms with E-state index in [0.717, 1.165) is 23.0 Å². The van der Waals surface area contributed by atoms with E-state index in [-0.39, 0.29) is 6.04 Å². The van der Waals surface area contributed by atoms with Crippen LogP contribution in [-0.4, -0.2) is 4.98 Å². The third-order valence-corrected chi connectivity index (χ3v) is 2.13. The van der Waals surface area contributed by atoms with Gasteiger partial charge in [0, 0.05) is 22.4 Å². The molecule has 1 atom stereocenters. The first kappa shape index (κ1) is 8.81. The minimum absolute atomic E-state index is 0.159. The molecule has 0 radical (unpaired) electrons. The Labute approximate surface area is 75.3 Å². The molecule has 1 heterocycles. The van der Waals surface area contributed by atoms with E-state index >= 15 is 0 Å². The lowest BCUT2D eigenvalue weighted by atomic mass is 10.1. The number of hydrogen-bond donors (Lipinski definition) is 2. The fourth-order valence-corrected chi connectivity index (χ4v) is 1.43. The molecule has 1 unspecified atom stereocenters. The second kappa shape index (κ2) is 3.93. The summed E-state index contributed by atoms with van der Waals surface area (Å²) in [6.07, 6.45) is 4.07. The number of H-pyrrole nitrogens is 1. The van der Waals surface area contributed by atoms with Crippen molar-refractivity contribution in [3.8, 4) is 0 Å². The number of aromatic amines is 1. The van der Waals surface area contributed by atoms with E-state index in [9.17, 15) is 0 Å². The first-order valence-corrected chi connectivity index (χ1v) is 4.62. The normalized spacial score (nSPS) is 13.4. The highest BCUT2D eigenvalue weighted by Crippen LogP contribution is 2.18. The predicted molar refractivity (Wildman–Crippen MR) is 50.3 cm³/mol. The van der Waals surface area contributed by atoms with Crippen LogP contribution in [0.5, 0.6) is 0 Å². The molecular formula is C8H13BrN2. The van der Waals surface area contributed by atoms with Crippen LogP contribution >= 0.6 is 15.9 Å². The number of rotatable bonds is 3. The molecule has 11 heavy (non-hydrogen) atoms. The van der Waals surface area contributed by atoms with Crippen LogP contribution in [0.4, 0.5) is 0 Å². The Hall–Kier alpha value is -0.280. The Balaban J connectivity index is 2.60. The molecule has 0 bridgehead atoms. The van der Waals surface area contributed by atoms with Crippen molar-refractivity contribution in [1.29, 1.82) is 0 Å².